The summed E-state index contributed by atoms with van der Waals surface area (Å²) < 4.78 is 175. The molecular weight excluding hydrogens is 688 g/mol. The van der Waals surface area contributed by atoms with Gasteiger partial charge < -0.3 is 4.74 Å². The largest absolute Gasteiger partial charge is 0.432 e. The lowest BCUT2D eigenvalue weighted by molar-refractivity contribution is -0.189. The fraction of sp³-hybridized carbons (Fsp3) is 0.351. The first kappa shape index (κ1) is 37.1. The maximum Gasteiger partial charge on any atom is 0.432 e. The van der Waals surface area contributed by atoms with Crippen LogP contribution in [0.25, 0.3) is 22.3 Å². The molecule has 0 radical (unpaired) electrons. The smallest absolute Gasteiger partial charge is 0.429 e. The Balaban J connectivity index is 1.36. The Morgan fingerprint density at radius 3 is 1.66 bits per heavy atom. The molecule has 50 heavy (non-hydrogen) atoms. The Kier molecular flexibility index (Phi) is 10.8. The average Bonchev–Trinajstić information content (AvgIpc) is 2.99. The van der Waals surface area contributed by atoms with Gasteiger partial charge in [0.1, 0.15) is 57.6 Å². The number of hydrogen-bond acceptors (Lipinski definition) is 1. The molecule has 4 aromatic rings. The molecule has 0 aliphatic heterocycles. The summed E-state index contributed by atoms with van der Waals surface area (Å²) in [6.07, 6.45) is -2.07. The average molecular weight is 719 g/mol. The number of benzene rings is 4. The van der Waals surface area contributed by atoms with Crippen molar-refractivity contribution in [3.63, 3.8) is 0 Å². The molecule has 1 saturated carbocycles. The fourth-order valence-electron chi connectivity index (χ4n) is 6.57. The van der Waals surface area contributed by atoms with E-state index in [0.29, 0.717) is 18.1 Å². The lowest BCUT2D eigenvalue weighted by Crippen LogP contribution is -2.25. The van der Waals surface area contributed by atoms with Gasteiger partial charge in [0.05, 0.1) is 5.56 Å². The molecule has 0 unspecified atom stereocenters. The van der Waals surface area contributed by atoms with Crippen molar-refractivity contribution in [2.24, 2.45) is 5.92 Å². The highest BCUT2D eigenvalue weighted by atomic mass is 19.4. The summed E-state index contributed by atoms with van der Waals surface area (Å²) in [7, 11) is 0. The van der Waals surface area contributed by atoms with Crippen LogP contribution in [-0.2, 0) is 12.3 Å². The second-order valence-corrected chi connectivity index (χ2v) is 12.5. The zero-order valence-corrected chi connectivity index (χ0v) is 26.5. The third-order valence-electron chi connectivity index (χ3n) is 9.05. The van der Waals surface area contributed by atoms with Gasteiger partial charge in [0.2, 0.25) is 0 Å². The van der Waals surface area contributed by atoms with E-state index in [9.17, 15) is 39.5 Å². The van der Waals surface area contributed by atoms with Crippen LogP contribution in [0, 0.1) is 46.6 Å². The Bertz CT molecular complexity index is 1790. The number of alkyl halides is 5. The summed E-state index contributed by atoms with van der Waals surface area (Å²) in [5.41, 5.74) is -6.11. The van der Waals surface area contributed by atoms with E-state index < -0.39 is 81.0 Å². The molecule has 0 amide bonds. The molecule has 0 atom stereocenters. The first-order valence-corrected chi connectivity index (χ1v) is 15.9. The Labute approximate surface area is 279 Å². The number of rotatable bonds is 10. The van der Waals surface area contributed by atoms with Crippen molar-refractivity contribution in [1.29, 1.82) is 0 Å². The summed E-state index contributed by atoms with van der Waals surface area (Å²) in [5, 5.41) is 0. The van der Waals surface area contributed by atoms with E-state index in [1.165, 1.54) is 31.4 Å². The number of ether oxygens (including phenoxy) is 1. The van der Waals surface area contributed by atoms with Crippen molar-refractivity contribution in [3.05, 3.63) is 112 Å². The minimum atomic E-state index is -5.53. The minimum Gasteiger partial charge on any atom is -0.429 e. The van der Waals surface area contributed by atoms with Crippen molar-refractivity contribution in [1.82, 2.24) is 0 Å². The summed E-state index contributed by atoms with van der Waals surface area (Å²) in [6.45, 7) is 2.15. The molecule has 0 heterocycles. The maximum atomic E-state index is 15.3. The van der Waals surface area contributed by atoms with E-state index >= 15 is 13.2 Å². The van der Waals surface area contributed by atoms with Crippen LogP contribution in [0.3, 0.4) is 0 Å². The van der Waals surface area contributed by atoms with Gasteiger partial charge in [-0.3, -0.25) is 0 Å². The van der Waals surface area contributed by atoms with Crippen LogP contribution >= 0.6 is 0 Å². The topological polar surface area (TPSA) is 9.23 Å². The molecule has 0 spiro atoms. The van der Waals surface area contributed by atoms with Gasteiger partial charge in [0.25, 0.3) is 0 Å². The monoisotopic (exact) mass is 718 g/mol. The second kappa shape index (κ2) is 14.6. The van der Waals surface area contributed by atoms with Crippen molar-refractivity contribution in [2.45, 2.75) is 76.5 Å². The molecule has 268 valence electrons. The zero-order valence-electron chi connectivity index (χ0n) is 26.5. The quantitative estimate of drug-likeness (QED) is 0.117. The summed E-state index contributed by atoms with van der Waals surface area (Å²) >= 11 is 0. The predicted octanol–water partition coefficient (Wildman–Crippen LogP) is 13.0. The molecule has 4 aromatic carbocycles. The predicted molar refractivity (Wildman–Crippen MR) is 162 cm³/mol. The van der Waals surface area contributed by atoms with Gasteiger partial charge in [-0.1, -0.05) is 44.7 Å². The highest BCUT2D eigenvalue weighted by Gasteiger charge is 2.43. The lowest BCUT2D eigenvalue weighted by atomic mass is 9.77. The highest BCUT2D eigenvalue weighted by molar-refractivity contribution is 5.72. The Morgan fingerprint density at radius 1 is 0.600 bits per heavy atom. The lowest BCUT2D eigenvalue weighted by Gasteiger charge is -2.29. The zero-order chi connectivity index (χ0) is 36.5. The van der Waals surface area contributed by atoms with Crippen LogP contribution in [0.4, 0.5) is 52.7 Å². The summed E-state index contributed by atoms with van der Waals surface area (Å²) in [6, 6.07) is 5.58. The first-order valence-electron chi connectivity index (χ1n) is 15.9. The van der Waals surface area contributed by atoms with E-state index in [0.717, 1.165) is 37.7 Å². The van der Waals surface area contributed by atoms with Crippen molar-refractivity contribution in [3.8, 4) is 28.0 Å². The van der Waals surface area contributed by atoms with E-state index in [-0.39, 0.29) is 41.3 Å². The fourth-order valence-corrected chi connectivity index (χ4v) is 6.57. The van der Waals surface area contributed by atoms with Crippen LogP contribution in [0.5, 0.6) is 5.75 Å². The maximum absolute atomic E-state index is 15.3. The molecule has 0 aromatic heterocycles. The molecule has 1 aliphatic rings. The molecule has 1 aliphatic carbocycles. The molecule has 5 rings (SSSR count). The van der Waals surface area contributed by atoms with Gasteiger partial charge >= 0.3 is 12.3 Å². The van der Waals surface area contributed by atoms with E-state index in [2.05, 4.69) is 11.7 Å². The summed E-state index contributed by atoms with van der Waals surface area (Å²) in [4.78, 5) is 0. The Morgan fingerprint density at radius 2 is 1.14 bits per heavy atom. The molecular formula is C37H30F12O. The van der Waals surface area contributed by atoms with Crippen molar-refractivity contribution >= 4 is 0 Å². The third kappa shape index (κ3) is 7.91. The van der Waals surface area contributed by atoms with Crippen molar-refractivity contribution < 1.29 is 57.4 Å². The SMILES string of the molecule is CCCCCC1CCC(c2ccc(-c3cc(F)c(-c4cc(F)c(C(F)(F)Oc5cc(F)c(C(F)(F)F)c(F)c5)c(F)c4)c(F)c3)c(F)c2)CC1. The Hall–Kier alpha value is -4.16. The van der Waals surface area contributed by atoms with Crippen LogP contribution < -0.4 is 4.74 Å². The standard InChI is InChI=1S/C37H30F12O/c1-2-3-4-5-19-6-8-20(9-7-19)21-10-11-25(26(38)12-21)22-13-27(39)33(28(40)14-22)23-15-29(41)35(30(42)16-23)37(48,49)50-24-17-31(43)34(32(44)18-24)36(45,46)47/h10-20H,2-9H2,1H3. The minimum absolute atomic E-state index is 0.138. The molecule has 0 N–H and O–H groups in total. The van der Waals surface area contributed by atoms with Gasteiger partial charge in [0.15, 0.2) is 0 Å². The van der Waals surface area contributed by atoms with Crippen LogP contribution in [0.15, 0.2) is 54.6 Å². The molecule has 0 saturated heterocycles. The van der Waals surface area contributed by atoms with Crippen molar-refractivity contribution in [2.75, 3.05) is 0 Å². The first-order chi connectivity index (χ1) is 23.5. The van der Waals surface area contributed by atoms with Gasteiger partial charge in [-0.15, -0.1) is 0 Å². The third-order valence-corrected chi connectivity index (χ3v) is 9.05. The molecule has 0 bridgehead atoms. The highest BCUT2D eigenvalue weighted by Crippen LogP contribution is 2.42. The molecule has 1 nitrogen and oxygen atoms in total. The number of unbranched alkanes of at least 4 members (excludes halogenated alkanes) is 2. The van der Waals surface area contributed by atoms with Gasteiger partial charge in [-0.2, -0.15) is 22.0 Å². The summed E-state index contributed by atoms with van der Waals surface area (Å²) in [5.74, 6) is -13.2. The second-order valence-electron chi connectivity index (χ2n) is 12.5. The van der Waals surface area contributed by atoms with E-state index in [1.54, 1.807) is 6.07 Å². The molecule has 1 fully saturated rings. The van der Waals surface area contributed by atoms with E-state index in [4.69, 9.17) is 0 Å². The van der Waals surface area contributed by atoms with Gasteiger partial charge in [-0.05, 0) is 84.5 Å². The normalized spacial score (nSPS) is 16.9. The molecule has 13 heteroatoms. The van der Waals surface area contributed by atoms with Crippen LogP contribution in [0.2, 0.25) is 0 Å². The van der Waals surface area contributed by atoms with Gasteiger partial charge in [-0.25, -0.2) is 30.7 Å². The van der Waals surface area contributed by atoms with Crippen LogP contribution in [-0.4, -0.2) is 0 Å². The van der Waals surface area contributed by atoms with E-state index in [1.807, 2.05) is 0 Å². The van der Waals surface area contributed by atoms with Gasteiger partial charge in [0, 0.05) is 17.7 Å². The van der Waals surface area contributed by atoms with Crippen LogP contribution in [0.1, 0.15) is 80.9 Å². The number of hydrogen-bond donors (Lipinski definition) is 0. The number of halogens is 12.